The third kappa shape index (κ3) is 4.75. The van der Waals surface area contributed by atoms with E-state index >= 15 is 0 Å². The number of rotatable bonds is 3. The molecule has 18 heavy (non-hydrogen) atoms. The molecule has 0 amide bonds. The summed E-state index contributed by atoms with van der Waals surface area (Å²) in [7, 11) is 0. The van der Waals surface area contributed by atoms with E-state index in [-0.39, 0.29) is 10.2 Å². The lowest BCUT2D eigenvalue weighted by Gasteiger charge is -2.12. The summed E-state index contributed by atoms with van der Waals surface area (Å²) in [5, 5.41) is 0. The molecule has 0 bridgehead atoms. The van der Waals surface area contributed by atoms with Gasteiger partial charge in [0.1, 0.15) is 5.75 Å². The Hall–Kier alpha value is -0.920. The van der Waals surface area contributed by atoms with Crippen molar-refractivity contribution < 1.29 is 31.1 Å². The standard InChI is InChI=1S/C10H7BrF6O/c11-8-5-6(18-4-3-9(12,13)14)1-2-7(8)10(15,16)17/h1-2,5H,3-4H2. The average molecular weight is 337 g/mol. The third-order valence-electron chi connectivity index (χ3n) is 1.90. The summed E-state index contributed by atoms with van der Waals surface area (Å²) in [4.78, 5) is 0. The minimum atomic E-state index is -4.52. The smallest absolute Gasteiger partial charge is 0.417 e. The Kier molecular flexibility index (Phi) is 4.52. The van der Waals surface area contributed by atoms with E-state index in [0.29, 0.717) is 0 Å². The monoisotopic (exact) mass is 336 g/mol. The second-order valence-corrected chi connectivity index (χ2v) is 4.21. The van der Waals surface area contributed by atoms with E-state index in [4.69, 9.17) is 4.74 Å². The minimum absolute atomic E-state index is 0.0564. The number of hydrogen-bond donors (Lipinski definition) is 0. The molecule has 0 fully saturated rings. The fourth-order valence-corrected chi connectivity index (χ4v) is 1.68. The number of ether oxygens (including phenoxy) is 1. The quantitative estimate of drug-likeness (QED) is 0.720. The van der Waals surface area contributed by atoms with Crippen LogP contribution < -0.4 is 4.74 Å². The van der Waals surface area contributed by atoms with Crippen molar-refractivity contribution in [1.82, 2.24) is 0 Å². The van der Waals surface area contributed by atoms with E-state index in [2.05, 4.69) is 15.9 Å². The summed E-state index contributed by atoms with van der Waals surface area (Å²) in [6.45, 7) is -0.638. The van der Waals surface area contributed by atoms with Crippen LogP contribution in [0.4, 0.5) is 26.3 Å². The number of benzene rings is 1. The molecule has 0 aliphatic heterocycles. The first-order chi connectivity index (χ1) is 8.09. The van der Waals surface area contributed by atoms with Crippen LogP contribution in [0.1, 0.15) is 12.0 Å². The Labute approximate surface area is 107 Å². The largest absolute Gasteiger partial charge is 0.493 e. The summed E-state index contributed by atoms with van der Waals surface area (Å²) in [6.07, 6.45) is -10.0. The van der Waals surface area contributed by atoms with E-state index in [1.807, 2.05) is 0 Å². The predicted octanol–water partition coefficient (Wildman–Crippen LogP) is 4.80. The van der Waals surface area contributed by atoms with Gasteiger partial charge in [-0.05, 0) is 18.2 Å². The van der Waals surface area contributed by atoms with Crippen molar-refractivity contribution in [3.8, 4) is 5.75 Å². The maximum absolute atomic E-state index is 12.4. The van der Waals surface area contributed by atoms with Gasteiger partial charge in [0.15, 0.2) is 0 Å². The molecule has 0 unspecified atom stereocenters. The van der Waals surface area contributed by atoms with Gasteiger partial charge in [0.05, 0.1) is 18.6 Å². The lowest BCUT2D eigenvalue weighted by molar-refractivity contribution is -0.139. The molecule has 0 atom stereocenters. The van der Waals surface area contributed by atoms with Crippen LogP contribution in [0.15, 0.2) is 22.7 Å². The van der Waals surface area contributed by atoms with Gasteiger partial charge in [-0.1, -0.05) is 15.9 Å². The fraction of sp³-hybridized carbons (Fsp3) is 0.400. The molecule has 1 rings (SSSR count). The van der Waals surface area contributed by atoms with Gasteiger partial charge in [-0.3, -0.25) is 0 Å². The molecule has 1 aromatic rings. The Morgan fingerprint density at radius 2 is 1.67 bits per heavy atom. The van der Waals surface area contributed by atoms with Crippen LogP contribution >= 0.6 is 15.9 Å². The molecule has 0 N–H and O–H groups in total. The Morgan fingerprint density at radius 1 is 1.06 bits per heavy atom. The Balaban J connectivity index is 2.68. The predicted molar refractivity (Wildman–Crippen MR) is 55.3 cm³/mol. The van der Waals surface area contributed by atoms with Gasteiger partial charge >= 0.3 is 12.4 Å². The molecule has 0 aliphatic rings. The highest BCUT2D eigenvalue weighted by Crippen LogP contribution is 2.36. The molecule has 0 saturated carbocycles. The van der Waals surface area contributed by atoms with Gasteiger partial charge in [0.2, 0.25) is 0 Å². The summed E-state index contributed by atoms with van der Waals surface area (Å²) in [5.74, 6) is -0.0564. The van der Waals surface area contributed by atoms with Crippen molar-refractivity contribution in [2.24, 2.45) is 0 Å². The molecule has 1 aromatic carbocycles. The van der Waals surface area contributed by atoms with Gasteiger partial charge in [-0.15, -0.1) is 0 Å². The van der Waals surface area contributed by atoms with Crippen LogP contribution in [0.25, 0.3) is 0 Å². The molecule has 0 heterocycles. The second kappa shape index (κ2) is 5.38. The molecule has 8 heteroatoms. The molecule has 0 aliphatic carbocycles. The molecule has 1 nitrogen and oxygen atoms in total. The summed E-state index contributed by atoms with van der Waals surface area (Å²) < 4.78 is 77.0. The lowest BCUT2D eigenvalue weighted by Crippen LogP contribution is -2.13. The molecule has 0 spiro atoms. The molecule has 0 aromatic heterocycles. The van der Waals surface area contributed by atoms with Crippen LogP contribution in [-0.2, 0) is 6.18 Å². The van der Waals surface area contributed by atoms with E-state index in [1.54, 1.807) is 0 Å². The van der Waals surface area contributed by atoms with Crippen LogP contribution in [0.2, 0.25) is 0 Å². The molecule has 0 radical (unpaired) electrons. The fourth-order valence-electron chi connectivity index (χ4n) is 1.10. The van der Waals surface area contributed by atoms with Crippen molar-refractivity contribution in [3.05, 3.63) is 28.2 Å². The maximum atomic E-state index is 12.4. The third-order valence-corrected chi connectivity index (χ3v) is 2.56. The van der Waals surface area contributed by atoms with Crippen LogP contribution in [-0.4, -0.2) is 12.8 Å². The first-order valence-electron chi connectivity index (χ1n) is 4.66. The van der Waals surface area contributed by atoms with Crippen molar-refractivity contribution in [3.63, 3.8) is 0 Å². The number of alkyl halides is 6. The van der Waals surface area contributed by atoms with Crippen LogP contribution in [0.3, 0.4) is 0 Å². The molecule has 102 valence electrons. The minimum Gasteiger partial charge on any atom is -0.493 e. The first-order valence-corrected chi connectivity index (χ1v) is 5.45. The van der Waals surface area contributed by atoms with Gasteiger partial charge in [0.25, 0.3) is 0 Å². The normalized spacial score (nSPS) is 12.6. The number of hydrogen-bond acceptors (Lipinski definition) is 1. The van der Waals surface area contributed by atoms with Crippen molar-refractivity contribution in [2.45, 2.75) is 18.8 Å². The Bertz CT molecular complexity index is 412. The maximum Gasteiger partial charge on any atom is 0.417 e. The van der Waals surface area contributed by atoms with Gasteiger partial charge in [-0.2, -0.15) is 26.3 Å². The zero-order valence-electron chi connectivity index (χ0n) is 8.70. The topological polar surface area (TPSA) is 9.23 Å². The molecular weight excluding hydrogens is 330 g/mol. The average Bonchev–Trinajstić information content (AvgIpc) is 2.13. The first kappa shape index (κ1) is 15.1. The van der Waals surface area contributed by atoms with Crippen LogP contribution in [0, 0.1) is 0 Å². The van der Waals surface area contributed by atoms with Gasteiger partial charge in [0, 0.05) is 4.47 Å². The van der Waals surface area contributed by atoms with E-state index < -0.39 is 30.9 Å². The van der Waals surface area contributed by atoms with Gasteiger partial charge in [-0.25, -0.2) is 0 Å². The summed E-state index contributed by atoms with van der Waals surface area (Å²) in [6, 6.07) is 2.70. The van der Waals surface area contributed by atoms with Crippen LogP contribution in [0.5, 0.6) is 5.75 Å². The van der Waals surface area contributed by atoms with E-state index in [0.717, 1.165) is 18.2 Å². The molecule has 0 saturated heterocycles. The van der Waals surface area contributed by atoms with Gasteiger partial charge < -0.3 is 4.74 Å². The van der Waals surface area contributed by atoms with Crippen molar-refractivity contribution in [1.29, 1.82) is 0 Å². The zero-order chi connectivity index (χ0) is 14.0. The molecular formula is C10H7BrF6O. The summed E-state index contributed by atoms with van der Waals surface area (Å²) >= 11 is 2.69. The highest BCUT2D eigenvalue weighted by molar-refractivity contribution is 9.10. The zero-order valence-corrected chi connectivity index (χ0v) is 10.3. The van der Waals surface area contributed by atoms with E-state index in [9.17, 15) is 26.3 Å². The van der Waals surface area contributed by atoms with E-state index in [1.165, 1.54) is 0 Å². The Morgan fingerprint density at radius 3 is 2.11 bits per heavy atom. The van der Waals surface area contributed by atoms with Crippen molar-refractivity contribution >= 4 is 15.9 Å². The second-order valence-electron chi connectivity index (χ2n) is 3.35. The highest BCUT2D eigenvalue weighted by atomic mass is 79.9. The SMILES string of the molecule is FC(F)(F)CCOc1ccc(C(F)(F)F)c(Br)c1. The highest BCUT2D eigenvalue weighted by Gasteiger charge is 2.33. The van der Waals surface area contributed by atoms with Crippen molar-refractivity contribution in [2.75, 3.05) is 6.61 Å². The number of halogens is 7. The lowest BCUT2D eigenvalue weighted by atomic mass is 10.2. The summed E-state index contributed by atoms with van der Waals surface area (Å²) in [5.41, 5.74) is -0.911.